The number of likely N-dealkylation sites (tertiary alicyclic amines) is 1. The molecule has 1 amide bonds. The van der Waals surface area contributed by atoms with Crippen molar-refractivity contribution >= 4 is 45.7 Å². The van der Waals surface area contributed by atoms with Crippen LogP contribution in [0, 0.1) is 5.92 Å². The third-order valence-corrected chi connectivity index (χ3v) is 7.72. The predicted molar refractivity (Wildman–Crippen MR) is 129 cm³/mol. The zero-order valence-electron chi connectivity index (χ0n) is 18.0. The first-order chi connectivity index (χ1) is 15.9. The van der Waals surface area contributed by atoms with Crippen LogP contribution in [0.4, 0.5) is 5.69 Å². The fourth-order valence-electron chi connectivity index (χ4n) is 4.81. The van der Waals surface area contributed by atoms with Gasteiger partial charge in [0, 0.05) is 49.1 Å². The van der Waals surface area contributed by atoms with Crippen molar-refractivity contribution in [3.8, 4) is 11.5 Å². The summed E-state index contributed by atoms with van der Waals surface area (Å²) in [6.45, 7) is 3.73. The molecular weight excluding hydrogens is 462 g/mol. The molecule has 33 heavy (non-hydrogen) atoms. The topological polar surface area (TPSA) is 89.9 Å². The van der Waals surface area contributed by atoms with Gasteiger partial charge in [0.2, 0.25) is 12.7 Å². The largest absolute Gasteiger partial charge is 0.453 e. The summed E-state index contributed by atoms with van der Waals surface area (Å²) < 4.78 is 13.3. The Morgan fingerprint density at radius 1 is 1.21 bits per heavy atom. The van der Waals surface area contributed by atoms with E-state index in [2.05, 4.69) is 10.2 Å². The molecule has 1 aromatic carbocycles. The van der Waals surface area contributed by atoms with Crippen molar-refractivity contribution < 1.29 is 19.1 Å². The van der Waals surface area contributed by atoms with Gasteiger partial charge in [-0.2, -0.15) is 0 Å². The Labute approximate surface area is 200 Å². The molecule has 0 spiro atoms. The average Bonchev–Trinajstić information content (AvgIpc) is 3.26. The number of thioether (sulfide) groups is 1. The minimum Gasteiger partial charge on any atom is -0.453 e. The second-order valence-electron chi connectivity index (χ2n) is 8.52. The van der Waals surface area contributed by atoms with Crippen molar-refractivity contribution in [1.29, 1.82) is 0 Å². The number of aromatic nitrogens is 1. The van der Waals surface area contributed by atoms with Gasteiger partial charge in [0.25, 0.3) is 5.56 Å². The van der Waals surface area contributed by atoms with Crippen LogP contribution in [0.5, 0.6) is 11.5 Å². The van der Waals surface area contributed by atoms with Gasteiger partial charge in [0.05, 0.1) is 11.3 Å². The molecule has 5 rings (SSSR count). The van der Waals surface area contributed by atoms with Crippen LogP contribution in [0.2, 0.25) is 0 Å². The van der Waals surface area contributed by atoms with E-state index in [9.17, 15) is 14.4 Å². The number of fused-ring (bicyclic) bond motifs is 5. The number of anilines is 1. The predicted octanol–water partition coefficient (Wildman–Crippen LogP) is 2.86. The number of ether oxygens (including phenoxy) is 2. The molecule has 3 aliphatic rings. The summed E-state index contributed by atoms with van der Waals surface area (Å²) in [5.74, 6) is 1.26. The summed E-state index contributed by atoms with van der Waals surface area (Å²) in [4.78, 5) is 38.8. The van der Waals surface area contributed by atoms with E-state index in [-0.39, 0.29) is 35.7 Å². The van der Waals surface area contributed by atoms with Crippen LogP contribution >= 0.6 is 24.0 Å². The summed E-state index contributed by atoms with van der Waals surface area (Å²) >= 11 is 6.96. The third-order valence-electron chi connectivity index (χ3n) is 6.20. The number of nitrogens with zero attached hydrogens (tertiary/aromatic N) is 2. The van der Waals surface area contributed by atoms with Gasteiger partial charge >= 0.3 is 0 Å². The number of carbonyl (C=O) groups is 2. The highest BCUT2D eigenvalue weighted by Crippen LogP contribution is 2.39. The maximum Gasteiger partial charge on any atom is 0.250 e. The van der Waals surface area contributed by atoms with Crippen molar-refractivity contribution in [1.82, 2.24) is 9.47 Å². The number of rotatable bonds is 4. The van der Waals surface area contributed by atoms with Crippen molar-refractivity contribution in [2.24, 2.45) is 5.92 Å². The first-order valence-electron chi connectivity index (χ1n) is 10.7. The zero-order valence-corrected chi connectivity index (χ0v) is 19.7. The molecule has 2 bridgehead atoms. The minimum absolute atomic E-state index is 0.0497. The van der Waals surface area contributed by atoms with Gasteiger partial charge in [-0.3, -0.25) is 14.4 Å². The number of piperidine rings is 1. The van der Waals surface area contributed by atoms with Gasteiger partial charge in [-0.25, -0.2) is 0 Å². The molecule has 1 fully saturated rings. The van der Waals surface area contributed by atoms with E-state index in [1.54, 1.807) is 18.2 Å². The Hall–Kier alpha value is -2.85. The monoisotopic (exact) mass is 485 g/mol. The van der Waals surface area contributed by atoms with Gasteiger partial charge in [0.15, 0.2) is 17.3 Å². The summed E-state index contributed by atoms with van der Waals surface area (Å²) in [5, 5.41) is 2.82. The second-order valence-corrected chi connectivity index (χ2v) is 10.1. The number of pyridine rings is 1. The van der Waals surface area contributed by atoms with Crippen molar-refractivity contribution in [3.05, 3.63) is 51.9 Å². The molecule has 0 unspecified atom stereocenters. The first kappa shape index (κ1) is 22.0. The Morgan fingerprint density at radius 2 is 2.06 bits per heavy atom. The van der Waals surface area contributed by atoms with Crippen LogP contribution in [-0.2, 0) is 11.3 Å². The van der Waals surface area contributed by atoms with E-state index in [1.807, 2.05) is 16.7 Å². The van der Waals surface area contributed by atoms with Gasteiger partial charge in [-0.05, 0) is 31.4 Å². The molecule has 0 radical (unpaired) electrons. The summed E-state index contributed by atoms with van der Waals surface area (Å²) in [6, 6.07) is 8.71. The fourth-order valence-corrected chi connectivity index (χ4v) is 5.79. The first-order valence-corrected chi connectivity index (χ1v) is 12.1. The number of carbonyl (C=O) groups excluding carboxylic acids is 2. The molecule has 0 saturated carbocycles. The van der Waals surface area contributed by atoms with Crippen LogP contribution in [-0.4, -0.2) is 51.1 Å². The van der Waals surface area contributed by atoms with Crippen LogP contribution in [0.1, 0.15) is 35.3 Å². The van der Waals surface area contributed by atoms with Crippen LogP contribution < -0.4 is 20.3 Å². The number of amides is 1. The highest BCUT2D eigenvalue weighted by molar-refractivity contribution is 8.23. The SMILES string of the molecule is CC(=O)c1cc(NC(=O)CSC(=S)N2C[C@@H]3C[C@H](C2)c2cccc(=O)n2C3)cc2c1OCO2. The number of Topliss-reactive ketones (excluding diaryl/α,β-unsaturated/α-hetero) is 1. The van der Waals surface area contributed by atoms with Crippen LogP contribution in [0.25, 0.3) is 0 Å². The maximum absolute atomic E-state index is 12.6. The smallest absolute Gasteiger partial charge is 0.250 e. The highest BCUT2D eigenvalue weighted by atomic mass is 32.2. The standard InChI is InChI=1S/C23H23N3O5S2/c1-13(27)17-6-16(7-19-22(17)31-12-30-19)24-20(28)11-33-23(32)25-8-14-5-15(10-25)18-3-2-4-21(29)26(18)9-14/h2-4,6-7,14-15H,5,8-12H2,1H3,(H,24,28)/t14-,15+/m0/s1. The van der Waals surface area contributed by atoms with Gasteiger partial charge in [-0.15, -0.1) is 0 Å². The number of benzene rings is 1. The molecule has 4 heterocycles. The second kappa shape index (κ2) is 8.83. The average molecular weight is 486 g/mol. The Bertz CT molecular complexity index is 1210. The minimum atomic E-state index is -0.218. The molecule has 172 valence electrons. The Balaban J connectivity index is 1.20. The van der Waals surface area contributed by atoms with Crippen LogP contribution in [0.15, 0.2) is 35.1 Å². The van der Waals surface area contributed by atoms with E-state index < -0.39 is 0 Å². The number of nitrogens with one attached hydrogen (secondary N) is 1. The summed E-state index contributed by atoms with van der Waals surface area (Å²) in [7, 11) is 0. The van der Waals surface area contributed by atoms with Crippen molar-refractivity contribution in [3.63, 3.8) is 0 Å². The molecule has 8 nitrogen and oxygen atoms in total. The van der Waals surface area contributed by atoms with Gasteiger partial charge in [0.1, 0.15) is 4.32 Å². The van der Waals surface area contributed by atoms with Gasteiger partial charge in [-0.1, -0.05) is 30.0 Å². The molecule has 1 N–H and O–H groups in total. The quantitative estimate of drug-likeness (QED) is 0.522. The van der Waals surface area contributed by atoms with Crippen molar-refractivity contribution in [2.75, 3.05) is 31.0 Å². The number of thiocarbonyl (C=S) groups is 1. The lowest BCUT2D eigenvalue weighted by atomic mass is 9.83. The number of hydrogen-bond acceptors (Lipinski definition) is 7. The molecule has 3 aliphatic heterocycles. The molecular formula is C23H23N3O5S2. The summed E-state index contributed by atoms with van der Waals surface area (Å²) in [6.07, 6.45) is 1.05. The van der Waals surface area contributed by atoms with E-state index in [4.69, 9.17) is 21.7 Å². The molecule has 1 saturated heterocycles. The number of hydrogen-bond donors (Lipinski definition) is 1. The molecule has 2 atom stereocenters. The highest BCUT2D eigenvalue weighted by Gasteiger charge is 2.35. The molecule has 0 aliphatic carbocycles. The molecule has 1 aromatic heterocycles. The Morgan fingerprint density at radius 3 is 2.88 bits per heavy atom. The zero-order chi connectivity index (χ0) is 23.1. The lowest BCUT2D eigenvalue weighted by Crippen LogP contribution is -2.48. The van der Waals surface area contributed by atoms with E-state index in [0.29, 0.717) is 39.5 Å². The fraction of sp³-hybridized carbons (Fsp3) is 0.391. The Kier molecular flexibility index (Phi) is 5.88. The lowest BCUT2D eigenvalue weighted by Gasteiger charge is -2.43. The molecule has 10 heteroatoms. The van der Waals surface area contributed by atoms with Crippen molar-refractivity contribution in [2.45, 2.75) is 25.8 Å². The van der Waals surface area contributed by atoms with E-state index in [0.717, 1.165) is 25.2 Å². The van der Waals surface area contributed by atoms with E-state index in [1.165, 1.54) is 18.7 Å². The lowest BCUT2D eigenvalue weighted by molar-refractivity contribution is -0.113. The normalized spacial score (nSPS) is 20.2. The van der Waals surface area contributed by atoms with Crippen LogP contribution in [0.3, 0.4) is 0 Å². The third kappa shape index (κ3) is 4.37. The number of ketones is 1. The van der Waals surface area contributed by atoms with E-state index >= 15 is 0 Å². The van der Waals surface area contributed by atoms with Gasteiger partial charge < -0.3 is 24.3 Å². The summed E-state index contributed by atoms with van der Waals surface area (Å²) in [5.41, 5.74) is 1.98. The molecule has 2 aromatic rings. The maximum atomic E-state index is 12.6.